The fourth-order valence-corrected chi connectivity index (χ4v) is 1.14. The van der Waals surface area contributed by atoms with Crippen molar-refractivity contribution in [1.82, 2.24) is 10.6 Å². The van der Waals surface area contributed by atoms with E-state index >= 15 is 0 Å². The van der Waals surface area contributed by atoms with E-state index in [-0.39, 0.29) is 12.0 Å². The van der Waals surface area contributed by atoms with Gasteiger partial charge in [-0.05, 0) is 6.08 Å². The van der Waals surface area contributed by atoms with Crippen molar-refractivity contribution in [3.05, 3.63) is 12.7 Å². The Morgan fingerprint density at radius 3 is 2.56 bits per heavy atom. The molecule has 1 heterocycles. The number of hydrogen-bond donors (Lipinski definition) is 3. The lowest BCUT2D eigenvalue weighted by molar-refractivity contribution is -0.141. The first-order chi connectivity index (χ1) is 7.60. The quantitative estimate of drug-likeness (QED) is 0.416. The molecule has 1 aliphatic heterocycles. The van der Waals surface area contributed by atoms with Gasteiger partial charge in [-0.3, -0.25) is 9.59 Å². The Labute approximate surface area is 95.2 Å². The SMILES string of the molecule is C=CC(N)=O.COC(=O)CC1CNCCN1. The van der Waals surface area contributed by atoms with Crippen molar-refractivity contribution in [1.29, 1.82) is 0 Å². The summed E-state index contributed by atoms with van der Waals surface area (Å²) in [6.45, 7) is 5.86. The Morgan fingerprint density at radius 2 is 2.19 bits per heavy atom. The second kappa shape index (κ2) is 8.87. The second-order valence-electron chi connectivity index (χ2n) is 3.24. The van der Waals surface area contributed by atoms with E-state index in [0.29, 0.717) is 6.42 Å². The van der Waals surface area contributed by atoms with Crippen LogP contribution in [-0.4, -0.2) is 44.7 Å². The van der Waals surface area contributed by atoms with Gasteiger partial charge in [-0.25, -0.2) is 0 Å². The lowest BCUT2D eigenvalue weighted by atomic mass is 10.2. The molecule has 4 N–H and O–H groups in total. The maximum Gasteiger partial charge on any atom is 0.307 e. The third-order valence-corrected chi connectivity index (χ3v) is 1.97. The number of hydrogen-bond acceptors (Lipinski definition) is 5. The zero-order chi connectivity index (χ0) is 12.4. The van der Waals surface area contributed by atoms with E-state index in [2.05, 4.69) is 27.7 Å². The van der Waals surface area contributed by atoms with Gasteiger partial charge in [-0.1, -0.05) is 6.58 Å². The minimum absolute atomic E-state index is 0.147. The molecule has 16 heavy (non-hydrogen) atoms. The summed E-state index contributed by atoms with van der Waals surface area (Å²) in [5.41, 5.74) is 4.53. The van der Waals surface area contributed by atoms with Gasteiger partial charge in [-0.15, -0.1) is 0 Å². The molecule has 1 rings (SSSR count). The van der Waals surface area contributed by atoms with Crippen LogP contribution in [0.2, 0.25) is 0 Å². The third-order valence-electron chi connectivity index (χ3n) is 1.97. The molecule has 1 atom stereocenters. The topological polar surface area (TPSA) is 93.5 Å². The van der Waals surface area contributed by atoms with Crippen molar-refractivity contribution in [2.45, 2.75) is 12.5 Å². The Bertz CT molecular complexity index is 237. The highest BCUT2D eigenvalue weighted by atomic mass is 16.5. The first-order valence-corrected chi connectivity index (χ1v) is 5.03. The molecular formula is C10H19N3O3. The predicted molar refractivity (Wildman–Crippen MR) is 60.7 cm³/mol. The van der Waals surface area contributed by atoms with Crippen LogP contribution in [0, 0.1) is 0 Å². The standard InChI is InChI=1S/C7H14N2O2.C3H5NO/c1-11-7(10)4-6-5-8-2-3-9-6;1-2-3(4)5/h6,8-9H,2-5H2,1H3;2H,1H2,(H2,4,5). The van der Waals surface area contributed by atoms with E-state index in [4.69, 9.17) is 0 Å². The molecule has 1 saturated heterocycles. The predicted octanol–water partition coefficient (Wildman–Crippen LogP) is -1.23. The molecule has 1 unspecified atom stereocenters. The van der Waals surface area contributed by atoms with Crippen LogP contribution in [0.15, 0.2) is 12.7 Å². The van der Waals surface area contributed by atoms with Crippen LogP contribution in [0.1, 0.15) is 6.42 Å². The average Bonchev–Trinajstić information content (AvgIpc) is 2.31. The fraction of sp³-hybridized carbons (Fsp3) is 0.600. The minimum Gasteiger partial charge on any atom is -0.469 e. The number of ether oxygens (including phenoxy) is 1. The van der Waals surface area contributed by atoms with Crippen molar-refractivity contribution < 1.29 is 14.3 Å². The molecule has 0 spiro atoms. The highest BCUT2D eigenvalue weighted by molar-refractivity contribution is 5.84. The number of rotatable bonds is 3. The monoisotopic (exact) mass is 229 g/mol. The number of methoxy groups -OCH3 is 1. The zero-order valence-corrected chi connectivity index (χ0v) is 9.49. The molecule has 0 aliphatic carbocycles. The molecule has 92 valence electrons. The summed E-state index contributed by atoms with van der Waals surface area (Å²) in [6, 6.07) is 0.246. The molecular weight excluding hydrogens is 210 g/mol. The van der Waals surface area contributed by atoms with Crippen LogP contribution in [-0.2, 0) is 14.3 Å². The molecule has 0 saturated carbocycles. The number of carbonyl (C=O) groups excluding carboxylic acids is 2. The third kappa shape index (κ3) is 7.95. The van der Waals surface area contributed by atoms with Crippen LogP contribution in [0.4, 0.5) is 0 Å². The normalized spacial score (nSPS) is 18.9. The van der Waals surface area contributed by atoms with Crippen molar-refractivity contribution >= 4 is 11.9 Å². The Morgan fingerprint density at radius 1 is 1.56 bits per heavy atom. The molecule has 0 bridgehead atoms. The number of amides is 1. The van der Waals surface area contributed by atoms with E-state index in [1.54, 1.807) is 0 Å². The Hall–Kier alpha value is -1.40. The smallest absolute Gasteiger partial charge is 0.307 e. The van der Waals surface area contributed by atoms with Gasteiger partial charge in [0, 0.05) is 25.7 Å². The second-order valence-corrected chi connectivity index (χ2v) is 3.24. The first-order valence-electron chi connectivity index (χ1n) is 5.03. The van der Waals surface area contributed by atoms with Gasteiger partial charge in [0.1, 0.15) is 0 Å². The van der Waals surface area contributed by atoms with Gasteiger partial charge >= 0.3 is 5.97 Å². The Balaban J connectivity index is 0.000000385. The van der Waals surface area contributed by atoms with Crippen molar-refractivity contribution in [2.75, 3.05) is 26.7 Å². The summed E-state index contributed by atoms with van der Waals surface area (Å²) in [6.07, 6.45) is 1.52. The first kappa shape index (κ1) is 14.6. The molecule has 1 fully saturated rings. The maximum absolute atomic E-state index is 10.8. The summed E-state index contributed by atoms with van der Waals surface area (Å²) in [5.74, 6) is -0.629. The van der Waals surface area contributed by atoms with Gasteiger partial charge in [0.05, 0.1) is 13.5 Å². The molecule has 1 amide bonds. The largest absolute Gasteiger partial charge is 0.469 e. The van der Waals surface area contributed by atoms with Crippen molar-refractivity contribution in [2.24, 2.45) is 5.73 Å². The number of primary amides is 1. The van der Waals surface area contributed by atoms with E-state index in [9.17, 15) is 9.59 Å². The van der Waals surface area contributed by atoms with E-state index in [1.807, 2.05) is 0 Å². The maximum atomic E-state index is 10.8. The van der Waals surface area contributed by atoms with E-state index < -0.39 is 5.91 Å². The highest BCUT2D eigenvalue weighted by Gasteiger charge is 2.15. The molecule has 6 heteroatoms. The van der Waals surface area contributed by atoms with Crippen LogP contribution in [0.5, 0.6) is 0 Å². The summed E-state index contributed by atoms with van der Waals surface area (Å²) in [5, 5.41) is 6.41. The van der Waals surface area contributed by atoms with Gasteiger partial charge in [-0.2, -0.15) is 0 Å². The van der Waals surface area contributed by atoms with Crippen molar-refractivity contribution in [3.8, 4) is 0 Å². The summed E-state index contributed by atoms with van der Waals surface area (Å²) in [4.78, 5) is 20.3. The van der Waals surface area contributed by atoms with Gasteiger partial charge in [0.25, 0.3) is 0 Å². The summed E-state index contributed by atoms with van der Waals surface area (Å²) in [7, 11) is 1.42. The number of nitrogens with two attached hydrogens (primary N) is 1. The molecule has 0 radical (unpaired) electrons. The molecule has 0 aromatic heterocycles. The number of piperazine rings is 1. The van der Waals surface area contributed by atoms with Gasteiger partial charge in [0.2, 0.25) is 5.91 Å². The van der Waals surface area contributed by atoms with Crippen LogP contribution >= 0.6 is 0 Å². The van der Waals surface area contributed by atoms with Crippen LogP contribution in [0.3, 0.4) is 0 Å². The number of nitrogens with one attached hydrogen (secondary N) is 2. The summed E-state index contributed by atoms with van der Waals surface area (Å²) >= 11 is 0. The molecule has 1 aliphatic rings. The summed E-state index contributed by atoms with van der Waals surface area (Å²) < 4.78 is 4.55. The molecule has 0 aromatic rings. The molecule has 0 aromatic carbocycles. The average molecular weight is 229 g/mol. The van der Waals surface area contributed by atoms with Crippen LogP contribution < -0.4 is 16.4 Å². The molecule has 6 nitrogen and oxygen atoms in total. The lowest BCUT2D eigenvalue weighted by Gasteiger charge is -2.23. The zero-order valence-electron chi connectivity index (χ0n) is 9.49. The minimum atomic E-state index is -0.481. The van der Waals surface area contributed by atoms with E-state index in [1.165, 1.54) is 7.11 Å². The number of carbonyl (C=O) groups is 2. The number of esters is 1. The van der Waals surface area contributed by atoms with Crippen LogP contribution in [0.25, 0.3) is 0 Å². The van der Waals surface area contributed by atoms with E-state index in [0.717, 1.165) is 25.7 Å². The van der Waals surface area contributed by atoms with Crippen molar-refractivity contribution in [3.63, 3.8) is 0 Å². The highest BCUT2D eigenvalue weighted by Crippen LogP contribution is 1.95. The fourth-order valence-electron chi connectivity index (χ4n) is 1.14. The van der Waals surface area contributed by atoms with Gasteiger partial charge in [0.15, 0.2) is 0 Å². The van der Waals surface area contributed by atoms with Gasteiger partial charge < -0.3 is 21.1 Å². The lowest BCUT2D eigenvalue weighted by Crippen LogP contribution is -2.49. The Kier molecular flexibility index (Phi) is 8.10.